The van der Waals surface area contributed by atoms with Crippen molar-refractivity contribution in [1.82, 2.24) is 4.57 Å². The van der Waals surface area contributed by atoms with Crippen LogP contribution in [-0.2, 0) is 11.3 Å². The molecule has 2 rings (SSSR count). The van der Waals surface area contributed by atoms with E-state index in [0.717, 1.165) is 12.0 Å². The van der Waals surface area contributed by atoms with Gasteiger partial charge in [-0.2, -0.15) is 0 Å². The van der Waals surface area contributed by atoms with Gasteiger partial charge in [0.1, 0.15) is 5.56 Å². The van der Waals surface area contributed by atoms with E-state index in [1.54, 1.807) is 23.6 Å². The van der Waals surface area contributed by atoms with E-state index in [9.17, 15) is 14.4 Å². The summed E-state index contributed by atoms with van der Waals surface area (Å²) in [7, 11) is 0. The predicted octanol–water partition coefficient (Wildman–Crippen LogP) is 3.66. The normalized spacial score (nSPS) is 10.7. The van der Waals surface area contributed by atoms with Gasteiger partial charge in [-0.1, -0.05) is 13.0 Å². The molecule has 0 amide bonds. The number of carbonyl (C=O) groups excluding carboxylic acids is 2. The third kappa shape index (κ3) is 3.71. The van der Waals surface area contributed by atoms with Gasteiger partial charge in [0, 0.05) is 30.1 Å². The lowest BCUT2D eigenvalue weighted by Gasteiger charge is -2.14. The number of rotatable bonds is 7. The van der Waals surface area contributed by atoms with E-state index >= 15 is 0 Å². The Morgan fingerprint density at radius 2 is 1.96 bits per heavy atom. The van der Waals surface area contributed by atoms with Crippen molar-refractivity contribution in [3.05, 3.63) is 57.9 Å². The van der Waals surface area contributed by atoms with Crippen LogP contribution >= 0.6 is 0 Å². The summed E-state index contributed by atoms with van der Waals surface area (Å²) in [5, 5.41) is 0.345. The number of ether oxygens (including phenoxy) is 1. The van der Waals surface area contributed by atoms with Crippen LogP contribution in [0.1, 0.15) is 53.0 Å². The standard InChI is InChI=1S/C20H23NO4/c1-5-8-18(22)14-11-15-17(10-13(14)4)21(9-6-2)12-16(19(15)23)20(24)25-7-3/h6,10-12H,2,5,7-9H2,1,3-4H3. The van der Waals surface area contributed by atoms with Crippen LogP contribution in [-0.4, -0.2) is 22.9 Å². The fraction of sp³-hybridized carbons (Fsp3) is 0.350. The van der Waals surface area contributed by atoms with Crippen LogP contribution in [0.5, 0.6) is 0 Å². The number of fused-ring (bicyclic) bond motifs is 1. The van der Waals surface area contributed by atoms with Crippen molar-refractivity contribution in [3.8, 4) is 0 Å². The maximum atomic E-state index is 12.8. The Balaban J connectivity index is 2.79. The van der Waals surface area contributed by atoms with Crippen LogP contribution in [0, 0.1) is 6.92 Å². The molecule has 5 nitrogen and oxygen atoms in total. The molecule has 0 unspecified atom stereocenters. The lowest BCUT2D eigenvalue weighted by atomic mass is 9.98. The molecule has 1 aromatic heterocycles. The number of allylic oxidation sites excluding steroid dienone is 1. The molecule has 0 N–H and O–H groups in total. The maximum absolute atomic E-state index is 12.8. The van der Waals surface area contributed by atoms with Crippen molar-refractivity contribution in [2.45, 2.75) is 40.2 Å². The van der Waals surface area contributed by atoms with Gasteiger partial charge >= 0.3 is 5.97 Å². The molecule has 0 fully saturated rings. The Hall–Kier alpha value is -2.69. The number of aromatic nitrogens is 1. The molecule has 1 heterocycles. The number of pyridine rings is 1. The molecular formula is C20H23NO4. The van der Waals surface area contributed by atoms with Gasteiger partial charge < -0.3 is 9.30 Å². The molecular weight excluding hydrogens is 318 g/mol. The number of Topliss-reactive ketones (excluding diaryl/α,β-unsaturated/α-hetero) is 1. The number of hydrogen-bond donors (Lipinski definition) is 0. The van der Waals surface area contributed by atoms with Gasteiger partial charge in [-0.25, -0.2) is 4.79 Å². The first-order valence-electron chi connectivity index (χ1n) is 8.43. The van der Waals surface area contributed by atoms with Crippen LogP contribution in [0.25, 0.3) is 10.9 Å². The summed E-state index contributed by atoms with van der Waals surface area (Å²) in [5.74, 6) is -0.660. The van der Waals surface area contributed by atoms with E-state index in [1.165, 1.54) is 6.20 Å². The highest BCUT2D eigenvalue weighted by Crippen LogP contribution is 2.20. The summed E-state index contributed by atoms with van der Waals surface area (Å²) in [6.45, 7) is 9.81. The van der Waals surface area contributed by atoms with E-state index in [2.05, 4.69) is 6.58 Å². The topological polar surface area (TPSA) is 65.4 Å². The smallest absolute Gasteiger partial charge is 0.343 e. The molecule has 0 aliphatic rings. The molecule has 0 saturated heterocycles. The minimum atomic E-state index is -0.658. The second kappa shape index (κ2) is 7.92. The Morgan fingerprint density at radius 1 is 1.24 bits per heavy atom. The zero-order valence-electron chi connectivity index (χ0n) is 14.9. The molecule has 0 aliphatic carbocycles. The highest BCUT2D eigenvalue weighted by Gasteiger charge is 2.19. The zero-order chi connectivity index (χ0) is 18.6. The monoisotopic (exact) mass is 341 g/mol. The Morgan fingerprint density at radius 3 is 2.56 bits per heavy atom. The predicted molar refractivity (Wildman–Crippen MR) is 98.3 cm³/mol. The molecule has 0 aliphatic heterocycles. The molecule has 0 saturated carbocycles. The lowest BCUT2D eigenvalue weighted by molar-refractivity contribution is 0.0524. The number of esters is 1. The van der Waals surface area contributed by atoms with Gasteiger partial charge in [0.2, 0.25) is 5.43 Å². The van der Waals surface area contributed by atoms with Gasteiger partial charge in [-0.15, -0.1) is 6.58 Å². The van der Waals surface area contributed by atoms with Crippen molar-refractivity contribution < 1.29 is 14.3 Å². The number of ketones is 1. The summed E-state index contributed by atoms with van der Waals surface area (Å²) in [6.07, 6.45) is 4.34. The van der Waals surface area contributed by atoms with Crippen molar-refractivity contribution >= 4 is 22.7 Å². The molecule has 2 aromatic rings. The van der Waals surface area contributed by atoms with Gasteiger partial charge in [0.05, 0.1) is 12.1 Å². The summed E-state index contributed by atoms with van der Waals surface area (Å²) < 4.78 is 6.76. The van der Waals surface area contributed by atoms with Gasteiger partial charge in [-0.3, -0.25) is 9.59 Å². The first kappa shape index (κ1) is 18.6. The molecule has 0 bridgehead atoms. The summed E-state index contributed by atoms with van der Waals surface area (Å²) >= 11 is 0. The molecule has 5 heteroatoms. The van der Waals surface area contributed by atoms with Gasteiger partial charge in [-0.05, 0) is 38.0 Å². The minimum Gasteiger partial charge on any atom is -0.462 e. The first-order chi connectivity index (χ1) is 11.9. The SMILES string of the molecule is C=CCn1cc(C(=O)OCC)c(=O)c2cc(C(=O)CCC)c(C)cc21. The van der Waals surface area contributed by atoms with Crippen LogP contribution in [0.3, 0.4) is 0 Å². The van der Waals surface area contributed by atoms with Crippen LogP contribution in [0.4, 0.5) is 0 Å². The van der Waals surface area contributed by atoms with E-state index in [0.29, 0.717) is 29.4 Å². The first-order valence-corrected chi connectivity index (χ1v) is 8.43. The van der Waals surface area contributed by atoms with Crippen molar-refractivity contribution in [3.63, 3.8) is 0 Å². The fourth-order valence-corrected chi connectivity index (χ4v) is 2.85. The third-order valence-corrected chi connectivity index (χ3v) is 4.02. The quantitative estimate of drug-likeness (QED) is 0.438. The zero-order valence-corrected chi connectivity index (χ0v) is 14.9. The average molecular weight is 341 g/mol. The Labute approximate surface area is 146 Å². The molecule has 0 atom stereocenters. The van der Waals surface area contributed by atoms with E-state index < -0.39 is 11.4 Å². The number of hydrogen-bond acceptors (Lipinski definition) is 4. The van der Waals surface area contributed by atoms with Crippen molar-refractivity contribution in [2.75, 3.05) is 6.61 Å². The molecule has 1 aromatic carbocycles. The third-order valence-electron chi connectivity index (χ3n) is 4.02. The molecule has 0 radical (unpaired) electrons. The summed E-state index contributed by atoms with van der Waals surface area (Å²) in [6, 6.07) is 3.42. The fourth-order valence-electron chi connectivity index (χ4n) is 2.85. The number of aryl methyl sites for hydroxylation is 1. The largest absolute Gasteiger partial charge is 0.462 e. The number of carbonyl (C=O) groups is 2. The van der Waals surface area contributed by atoms with E-state index in [4.69, 9.17) is 4.74 Å². The Kier molecular flexibility index (Phi) is 5.91. The van der Waals surface area contributed by atoms with Gasteiger partial charge in [0.25, 0.3) is 0 Å². The molecule has 132 valence electrons. The summed E-state index contributed by atoms with van der Waals surface area (Å²) in [4.78, 5) is 37.3. The molecule has 0 spiro atoms. The average Bonchev–Trinajstić information content (AvgIpc) is 2.57. The van der Waals surface area contributed by atoms with Crippen LogP contribution < -0.4 is 5.43 Å². The highest BCUT2D eigenvalue weighted by molar-refractivity contribution is 6.02. The summed E-state index contributed by atoms with van der Waals surface area (Å²) in [5.41, 5.74) is 1.56. The van der Waals surface area contributed by atoms with E-state index in [-0.39, 0.29) is 18.0 Å². The highest BCUT2D eigenvalue weighted by atomic mass is 16.5. The minimum absolute atomic E-state index is 0.00175. The van der Waals surface area contributed by atoms with Gasteiger partial charge in [0.15, 0.2) is 5.78 Å². The van der Waals surface area contributed by atoms with Crippen molar-refractivity contribution in [2.24, 2.45) is 0 Å². The Bertz CT molecular complexity index is 893. The second-order valence-corrected chi connectivity index (χ2v) is 5.89. The number of nitrogens with zero attached hydrogens (tertiary/aromatic N) is 1. The van der Waals surface area contributed by atoms with E-state index in [1.807, 2.05) is 19.9 Å². The number of benzene rings is 1. The molecule has 25 heavy (non-hydrogen) atoms. The van der Waals surface area contributed by atoms with Crippen molar-refractivity contribution in [1.29, 1.82) is 0 Å². The maximum Gasteiger partial charge on any atom is 0.343 e. The lowest BCUT2D eigenvalue weighted by Crippen LogP contribution is -2.21. The second-order valence-electron chi connectivity index (χ2n) is 5.89. The van der Waals surface area contributed by atoms with Crippen LogP contribution in [0.2, 0.25) is 0 Å². The van der Waals surface area contributed by atoms with Crippen LogP contribution in [0.15, 0.2) is 35.8 Å².